The summed E-state index contributed by atoms with van der Waals surface area (Å²) in [5.74, 6) is 0. The summed E-state index contributed by atoms with van der Waals surface area (Å²) in [7, 11) is 0. The SMILES string of the molecule is c1ccc(CN(C2CC2)C2CCCNC2)cc1. The van der Waals surface area contributed by atoms with E-state index in [0.717, 1.165) is 18.6 Å². The van der Waals surface area contributed by atoms with Gasteiger partial charge in [-0.25, -0.2) is 0 Å². The minimum atomic E-state index is 0.761. The topological polar surface area (TPSA) is 15.3 Å². The zero-order valence-electron chi connectivity index (χ0n) is 10.4. The summed E-state index contributed by atoms with van der Waals surface area (Å²) < 4.78 is 0. The van der Waals surface area contributed by atoms with E-state index in [9.17, 15) is 0 Å². The number of nitrogens with one attached hydrogen (secondary N) is 1. The van der Waals surface area contributed by atoms with Crippen LogP contribution in [0.5, 0.6) is 0 Å². The lowest BCUT2D eigenvalue weighted by atomic mass is 10.0. The Labute approximate surface area is 104 Å². The van der Waals surface area contributed by atoms with Crippen molar-refractivity contribution in [3.63, 3.8) is 0 Å². The van der Waals surface area contributed by atoms with Gasteiger partial charge in [-0.15, -0.1) is 0 Å². The van der Waals surface area contributed by atoms with Crippen LogP contribution in [0.4, 0.5) is 0 Å². The fourth-order valence-electron chi connectivity index (χ4n) is 2.87. The molecule has 2 heteroatoms. The average molecular weight is 230 g/mol. The van der Waals surface area contributed by atoms with Crippen molar-refractivity contribution in [3.8, 4) is 0 Å². The van der Waals surface area contributed by atoms with Crippen molar-refractivity contribution in [1.82, 2.24) is 10.2 Å². The van der Waals surface area contributed by atoms with Crippen molar-refractivity contribution in [2.45, 2.75) is 44.3 Å². The van der Waals surface area contributed by atoms with Crippen LogP contribution in [0.25, 0.3) is 0 Å². The second-order valence-corrected chi connectivity index (χ2v) is 5.39. The van der Waals surface area contributed by atoms with E-state index in [-0.39, 0.29) is 0 Å². The molecule has 2 fully saturated rings. The molecule has 1 heterocycles. The number of benzene rings is 1. The van der Waals surface area contributed by atoms with Gasteiger partial charge in [0.1, 0.15) is 0 Å². The molecule has 92 valence electrons. The first-order chi connectivity index (χ1) is 8.43. The molecule has 0 radical (unpaired) electrons. The summed E-state index contributed by atoms with van der Waals surface area (Å²) >= 11 is 0. The first-order valence-electron chi connectivity index (χ1n) is 6.94. The molecule has 1 saturated heterocycles. The standard InChI is InChI=1S/C15H22N2/c1-2-5-13(6-3-1)12-17(14-8-9-14)15-7-4-10-16-11-15/h1-3,5-6,14-16H,4,7-12H2. The molecular weight excluding hydrogens is 208 g/mol. The van der Waals surface area contributed by atoms with Crippen LogP contribution < -0.4 is 5.32 Å². The summed E-state index contributed by atoms with van der Waals surface area (Å²) in [6.07, 6.45) is 5.52. The van der Waals surface area contributed by atoms with Crippen LogP contribution >= 0.6 is 0 Å². The van der Waals surface area contributed by atoms with Crippen LogP contribution in [0.1, 0.15) is 31.2 Å². The summed E-state index contributed by atoms with van der Waals surface area (Å²) in [5, 5.41) is 3.54. The molecule has 1 aromatic carbocycles. The lowest BCUT2D eigenvalue weighted by Gasteiger charge is -2.35. The lowest BCUT2D eigenvalue weighted by Crippen LogP contribution is -2.46. The Morgan fingerprint density at radius 2 is 1.88 bits per heavy atom. The Morgan fingerprint density at radius 1 is 1.06 bits per heavy atom. The smallest absolute Gasteiger partial charge is 0.0240 e. The fourth-order valence-corrected chi connectivity index (χ4v) is 2.87. The molecule has 17 heavy (non-hydrogen) atoms. The molecule has 1 unspecified atom stereocenters. The van der Waals surface area contributed by atoms with Gasteiger partial charge in [-0.2, -0.15) is 0 Å². The Morgan fingerprint density at radius 3 is 2.53 bits per heavy atom. The van der Waals surface area contributed by atoms with Crippen LogP contribution in [-0.2, 0) is 6.54 Å². The van der Waals surface area contributed by atoms with Gasteiger partial charge in [0, 0.05) is 25.2 Å². The van der Waals surface area contributed by atoms with Gasteiger partial charge < -0.3 is 5.32 Å². The van der Waals surface area contributed by atoms with E-state index in [4.69, 9.17) is 0 Å². The molecule has 1 aliphatic heterocycles. The highest BCUT2D eigenvalue weighted by atomic mass is 15.2. The highest BCUT2D eigenvalue weighted by Gasteiger charge is 2.34. The van der Waals surface area contributed by atoms with Crippen molar-refractivity contribution in [3.05, 3.63) is 35.9 Å². The van der Waals surface area contributed by atoms with Gasteiger partial charge in [0.2, 0.25) is 0 Å². The van der Waals surface area contributed by atoms with Crippen LogP contribution in [-0.4, -0.2) is 30.1 Å². The molecule has 2 aliphatic rings. The van der Waals surface area contributed by atoms with Gasteiger partial charge in [-0.3, -0.25) is 4.90 Å². The molecule has 1 N–H and O–H groups in total. The summed E-state index contributed by atoms with van der Waals surface area (Å²) in [4.78, 5) is 2.74. The molecule has 0 spiro atoms. The van der Waals surface area contributed by atoms with E-state index in [1.165, 1.54) is 44.3 Å². The first-order valence-corrected chi connectivity index (χ1v) is 6.94. The van der Waals surface area contributed by atoms with E-state index < -0.39 is 0 Å². The van der Waals surface area contributed by atoms with Gasteiger partial charge in [0.25, 0.3) is 0 Å². The van der Waals surface area contributed by atoms with Crippen LogP contribution in [0.2, 0.25) is 0 Å². The third-order valence-corrected chi connectivity index (χ3v) is 3.96. The zero-order chi connectivity index (χ0) is 11.5. The van der Waals surface area contributed by atoms with E-state index in [0.29, 0.717) is 0 Å². The molecule has 1 aliphatic carbocycles. The lowest BCUT2D eigenvalue weighted by molar-refractivity contribution is 0.148. The van der Waals surface area contributed by atoms with Crippen molar-refractivity contribution in [2.24, 2.45) is 0 Å². The Balaban J connectivity index is 1.67. The maximum atomic E-state index is 3.54. The van der Waals surface area contributed by atoms with Gasteiger partial charge in [-0.1, -0.05) is 30.3 Å². The highest BCUT2D eigenvalue weighted by molar-refractivity contribution is 5.15. The van der Waals surface area contributed by atoms with E-state index >= 15 is 0 Å². The third-order valence-electron chi connectivity index (χ3n) is 3.96. The molecule has 1 aromatic rings. The van der Waals surface area contributed by atoms with E-state index in [1.54, 1.807) is 0 Å². The Bertz CT molecular complexity index is 339. The molecule has 0 aromatic heterocycles. The zero-order valence-corrected chi connectivity index (χ0v) is 10.4. The summed E-state index contributed by atoms with van der Waals surface area (Å²) in [6.45, 7) is 3.53. The number of hydrogen-bond donors (Lipinski definition) is 1. The largest absolute Gasteiger partial charge is 0.315 e. The number of piperidine rings is 1. The molecule has 1 saturated carbocycles. The summed E-state index contributed by atoms with van der Waals surface area (Å²) in [6, 6.07) is 12.5. The normalized spacial score (nSPS) is 25.1. The average Bonchev–Trinajstić information content (AvgIpc) is 3.23. The second-order valence-electron chi connectivity index (χ2n) is 5.39. The maximum absolute atomic E-state index is 3.54. The fraction of sp³-hybridized carbons (Fsp3) is 0.600. The molecule has 2 nitrogen and oxygen atoms in total. The predicted molar refractivity (Wildman–Crippen MR) is 70.9 cm³/mol. The maximum Gasteiger partial charge on any atom is 0.0240 e. The third kappa shape index (κ3) is 2.88. The molecule has 0 amide bonds. The quantitative estimate of drug-likeness (QED) is 0.854. The van der Waals surface area contributed by atoms with Crippen molar-refractivity contribution in [2.75, 3.05) is 13.1 Å². The van der Waals surface area contributed by atoms with E-state index in [1.807, 2.05) is 0 Å². The van der Waals surface area contributed by atoms with Crippen LogP contribution in [0.15, 0.2) is 30.3 Å². The Hall–Kier alpha value is -0.860. The Kier molecular flexibility index (Phi) is 3.44. The predicted octanol–water partition coefficient (Wildman–Crippen LogP) is 2.40. The van der Waals surface area contributed by atoms with Crippen molar-refractivity contribution < 1.29 is 0 Å². The van der Waals surface area contributed by atoms with Crippen LogP contribution in [0.3, 0.4) is 0 Å². The molecule has 0 bridgehead atoms. The summed E-state index contributed by atoms with van der Waals surface area (Å²) in [5.41, 5.74) is 1.46. The molecule has 3 rings (SSSR count). The van der Waals surface area contributed by atoms with Gasteiger partial charge in [0.15, 0.2) is 0 Å². The van der Waals surface area contributed by atoms with Gasteiger partial charge >= 0.3 is 0 Å². The van der Waals surface area contributed by atoms with Gasteiger partial charge in [-0.05, 0) is 37.8 Å². The minimum Gasteiger partial charge on any atom is -0.315 e. The van der Waals surface area contributed by atoms with E-state index in [2.05, 4.69) is 40.5 Å². The second kappa shape index (κ2) is 5.19. The number of nitrogens with zero attached hydrogens (tertiary/aromatic N) is 1. The molecular formula is C15H22N2. The monoisotopic (exact) mass is 230 g/mol. The van der Waals surface area contributed by atoms with Crippen molar-refractivity contribution >= 4 is 0 Å². The highest BCUT2D eigenvalue weighted by Crippen LogP contribution is 2.31. The minimum absolute atomic E-state index is 0.761. The number of rotatable bonds is 4. The molecule has 1 atom stereocenters. The number of hydrogen-bond acceptors (Lipinski definition) is 2. The first kappa shape index (κ1) is 11.2. The van der Waals surface area contributed by atoms with Crippen molar-refractivity contribution in [1.29, 1.82) is 0 Å². The van der Waals surface area contributed by atoms with Gasteiger partial charge in [0.05, 0.1) is 0 Å². The van der Waals surface area contributed by atoms with Crippen LogP contribution in [0, 0.1) is 0 Å².